The second-order valence-electron chi connectivity index (χ2n) is 3.18. The minimum Gasteiger partial charge on any atom is -0.370 e. The number of hydrogen-bond donors (Lipinski definition) is 1. The third-order valence-corrected chi connectivity index (χ3v) is 2.03. The zero-order valence-corrected chi connectivity index (χ0v) is 7.09. The van der Waals surface area contributed by atoms with Gasteiger partial charge in [-0.3, -0.25) is 4.79 Å². The van der Waals surface area contributed by atoms with Crippen LogP contribution < -0.4 is 5.73 Å². The summed E-state index contributed by atoms with van der Waals surface area (Å²) in [6, 6.07) is 0. The maximum absolute atomic E-state index is 10.6. The van der Waals surface area contributed by atoms with E-state index in [-0.39, 0.29) is 11.3 Å². The molecule has 11 heavy (non-hydrogen) atoms. The first-order chi connectivity index (χ1) is 5.04. The van der Waals surface area contributed by atoms with Crippen molar-refractivity contribution in [2.75, 3.05) is 0 Å². The van der Waals surface area contributed by atoms with Crippen LogP contribution in [-0.2, 0) is 9.59 Å². The number of primary amides is 1. The van der Waals surface area contributed by atoms with Crippen molar-refractivity contribution >= 4 is 12.2 Å². The van der Waals surface area contributed by atoms with Gasteiger partial charge in [0.1, 0.15) is 6.29 Å². The number of carbonyl (C=O) groups is 2. The van der Waals surface area contributed by atoms with E-state index in [9.17, 15) is 9.59 Å². The fourth-order valence-corrected chi connectivity index (χ4v) is 0.963. The second kappa shape index (κ2) is 4.11. The van der Waals surface area contributed by atoms with Gasteiger partial charge in [-0.2, -0.15) is 0 Å². The molecule has 0 aromatic carbocycles. The first kappa shape index (κ1) is 10.1. The van der Waals surface area contributed by atoms with E-state index in [1.807, 2.05) is 13.8 Å². The van der Waals surface area contributed by atoms with E-state index in [1.54, 1.807) is 0 Å². The number of rotatable bonds is 5. The molecule has 0 aromatic rings. The number of hydrogen-bond acceptors (Lipinski definition) is 2. The Morgan fingerprint density at radius 3 is 2.45 bits per heavy atom. The molecular formula is C8H15NO2. The van der Waals surface area contributed by atoms with Crippen LogP contribution >= 0.6 is 0 Å². The number of nitrogens with two attached hydrogens (primary N) is 1. The highest BCUT2D eigenvalue weighted by Crippen LogP contribution is 2.28. The Kier molecular flexibility index (Phi) is 3.79. The van der Waals surface area contributed by atoms with Crippen LogP contribution in [0.4, 0.5) is 0 Å². The molecule has 3 nitrogen and oxygen atoms in total. The quantitative estimate of drug-likeness (QED) is 0.602. The van der Waals surface area contributed by atoms with E-state index >= 15 is 0 Å². The summed E-state index contributed by atoms with van der Waals surface area (Å²) in [6.07, 6.45) is 2.34. The molecule has 0 saturated heterocycles. The molecule has 0 radical (unpaired) electrons. The highest BCUT2D eigenvalue weighted by molar-refractivity contribution is 5.75. The van der Waals surface area contributed by atoms with E-state index in [4.69, 9.17) is 5.73 Å². The third-order valence-electron chi connectivity index (χ3n) is 2.03. The first-order valence-corrected chi connectivity index (χ1v) is 3.76. The molecule has 1 amide bonds. The van der Waals surface area contributed by atoms with Crippen molar-refractivity contribution in [2.45, 2.75) is 33.1 Å². The fraction of sp³-hybridized carbons (Fsp3) is 0.750. The molecule has 0 fully saturated rings. The van der Waals surface area contributed by atoms with Crippen LogP contribution in [-0.4, -0.2) is 12.2 Å². The monoisotopic (exact) mass is 157 g/mol. The summed E-state index contributed by atoms with van der Waals surface area (Å²) < 4.78 is 0. The number of amides is 1. The molecular weight excluding hydrogens is 142 g/mol. The van der Waals surface area contributed by atoms with E-state index in [0.717, 1.165) is 12.7 Å². The highest BCUT2D eigenvalue weighted by atomic mass is 16.1. The van der Waals surface area contributed by atoms with Gasteiger partial charge in [0.15, 0.2) is 0 Å². The molecule has 0 bridgehead atoms. The predicted molar refractivity (Wildman–Crippen MR) is 42.9 cm³/mol. The Hall–Kier alpha value is -0.860. The maximum atomic E-state index is 10.6. The summed E-state index contributed by atoms with van der Waals surface area (Å²) in [5.74, 6) is -0.337. The van der Waals surface area contributed by atoms with Crippen molar-refractivity contribution < 1.29 is 9.59 Å². The Bertz CT molecular complexity index is 156. The average molecular weight is 157 g/mol. The average Bonchev–Trinajstić information content (AvgIpc) is 1.87. The summed E-state index contributed by atoms with van der Waals surface area (Å²) in [5, 5.41) is 0. The molecule has 0 aliphatic heterocycles. The SMILES string of the molecule is CCC(C)(CC=O)CC(N)=O. The van der Waals surface area contributed by atoms with Crippen molar-refractivity contribution in [3.8, 4) is 0 Å². The van der Waals surface area contributed by atoms with Crippen LogP contribution in [0.25, 0.3) is 0 Å². The zero-order valence-electron chi connectivity index (χ0n) is 7.09. The van der Waals surface area contributed by atoms with Crippen molar-refractivity contribution in [1.82, 2.24) is 0 Å². The van der Waals surface area contributed by atoms with Crippen LogP contribution in [0.2, 0.25) is 0 Å². The van der Waals surface area contributed by atoms with Crippen molar-refractivity contribution in [3.05, 3.63) is 0 Å². The Morgan fingerprint density at radius 2 is 2.18 bits per heavy atom. The third kappa shape index (κ3) is 3.75. The Morgan fingerprint density at radius 1 is 1.64 bits per heavy atom. The van der Waals surface area contributed by atoms with Gasteiger partial charge < -0.3 is 10.5 Å². The van der Waals surface area contributed by atoms with Gasteiger partial charge in [0, 0.05) is 12.8 Å². The smallest absolute Gasteiger partial charge is 0.217 e. The van der Waals surface area contributed by atoms with Gasteiger partial charge in [-0.1, -0.05) is 13.8 Å². The Balaban J connectivity index is 4.08. The number of aldehydes is 1. The van der Waals surface area contributed by atoms with Gasteiger partial charge >= 0.3 is 0 Å². The minimum absolute atomic E-state index is 0.229. The molecule has 0 aliphatic rings. The lowest BCUT2D eigenvalue weighted by Gasteiger charge is -2.23. The zero-order chi connectivity index (χ0) is 8.91. The molecule has 1 atom stereocenters. The molecule has 0 rings (SSSR count). The lowest BCUT2D eigenvalue weighted by Crippen LogP contribution is -2.25. The topological polar surface area (TPSA) is 60.2 Å². The molecule has 0 aliphatic carbocycles. The van der Waals surface area contributed by atoms with Gasteiger partial charge in [-0.15, -0.1) is 0 Å². The normalized spacial score (nSPS) is 15.5. The largest absolute Gasteiger partial charge is 0.370 e. The lowest BCUT2D eigenvalue weighted by molar-refractivity contribution is -0.120. The molecule has 2 N–H and O–H groups in total. The molecule has 3 heteroatoms. The highest BCUT2D eigenvalue weighted by Gasteiger charge is 2.23. The molecule has 0 aromatic heterocycles. The first-order valence-electron chi connectivity index (χ1n) is 3.76. The summed E-state index contributed by atoms with van der Waals surface area (Å²) in [5.41, 5.74) is 4.80. The van der Waals surface area contributed by atoms with Crippen LogP contribution in [0.15, 0.2) is 0 Å². The van der Waals surface area contributed by atoms with Crippen LogP contribution in [0.5, 0.6) is 0 Å². The predicted octanol–water partition coefficient (Wildman–Crippen LogP) is 0.867. The molecule has 0 heterocycles. The van der Waals surface area contributed by atoms with Crippen molar-refractivity contribution in [3.63, 3.8) is 0 Å². The van der Waals surface area contributed by atoms with Crippen molar-refractivity contribution in [1.29, 1.82) is 0 Å². The van der Waals surface area contributed by atoms with Gasteiger partial charge in [0.05, 0.1) is 0 Å². The van der Waals surface area contributed by atoms with Crippen LogP contribution in [0, 0.1) is 5.41 Å². The minimum atomic E-state index is -0.337. The molecule has 64 valence electrons. The molecule has 0 spiro atoms. The van der Waals surface area contributed by atoms with Gasteiger partial charge in [-0.25, -0.2) is 0 Å². The maximum Gasteiger partial charge on any atom is 0.217 e. The van der Waals surface area contributed by atoms with E-state index in [0.29, 0.717) is 12.8 Å². The van der Waals surface area contributed by atoms with E-state index < -0.39 is 0 Å². The second-order valence-corrected chi connectivity index (χ2v) is 3.18. The molecule has 0 saturated carbocycles. The van der Waals surface area contributed by atoms with E-state index in [2.05, 4.69) is 0 Å². The standard InChI is InChI=1S/C8H15NO2/c1-3-8(2,4-5-10)6-7(9)11/h5H,3-4,6H2,1-2H3,(H2,9,11). The van der Waals surface area contributed by atoms with E-state index in [1.165, 1.54) is 0 Å². The van der Waals surface area contributed by atoms with Crippen LogP contribution in [0.3, 0.4) is 0 Å². The summed E-state index contributed by atoms with van der Waals surface area (Å²) >= 11 is 0. The van der Waals surface area contributed by atoms with Gasteiger partial charge in [-0.05, 0) is 11.8 Å². The van der Waals surface area contributed by atoms with Gasteiger partial charge in [0.2, 0.25) is 5.91 Å². The van der Waals surface area contributed by atoms with Crippen LogP contribution in [0.1, 0.15) is 33.1 Å². The summed E-state index contributed by atoms with van der Waals surface area (Å²) in [6.45, 7) is 3.85. The summed E-state index contributed by atoms with van der Waals surface area (Å²) in [7, 11) is 0. The Labute approximate surface area is 67.0 Å². The summed E-state index contributed by atoms with van der Waals surface area (Å²) in [4.78, 5) is 20.8. The number of carbonyl (C=O) groups excluding carboxylic acids is 2. The van der Waals surface area contributed by atoms with Gasteiger partial charge in [0.25, 0.3) is 0 Å². The fourth-order valence-electron chi connectivity index (χ4n) is 0.963. The lowest BCUT2D eigenvalue weighted by atomic mass is 9.81. The molecule has 1 unspecified atom stereocenters. The van der Waals surface area contributed by atoms with Crippen molar-refractivity contribution in [2.24, 2.45) is 11.1 Å².